The highest BCUT2D eigenvalue weighted by atomic mass is 13.9. The first kappa shape index (κ1) is 14.0. The molecule has 0 N–H and O–H groups in total. The Morgan fingerprint density at radius 1 is 1.17 bits per heavy atom. The minimum atomic E-state index is 1.14. The van der Waals surface area contributed by atoms with E-state index in [1.807, 2.05) is 13.8 Å². The first-order chi connectivity index (χ1) is 5.81. The zero-order valence-corrected chi connectivity index (χ0v) is 9.19. The monoisotopic (exact) mass is 168 g/mol. The molecule has 0 heteroatoms. The summed E-state index contributed by atoms with van der Waals surface area (Å²) in [6, 6.07) is 0. The van der Waals surface area contributed by atoms with Crippen molar-refractivity contribution in [1.82, 2.24) is 0 Å². The van der Waals surface area contributed by atoms with Crippen LogP contribution in [0.25, 0.3) is 0 Å². The lowest BCUT2D eigenvalue weighted by molar-refractivity contribution is 0.920. The van der Waals surface area contributed by atoms with E-state index in [0.29, 0.717) is 0 Å². The molecular weight excluding hydrogens is 144 g/mol. The van der Waals surface area contributed by atoms with E-state index in [2.05, 4.69) is 32.6 Å². The Kier molecular flexibility index (Phi) is 15.3. The largest absolute Gasteiger partial charge is 0.0958 e. The molecule has 0 atom stereocenters. The molecule has 0 fully saturated rings. The van der Waals surface area contributed by atoms with Gasteiger partial charge in [-0.2, -0.15) is 0 Å². The molecule has 12 heavy (non-hydrogen) atoms. The number of unbranched alkanes of at least 4 members (excludes halogenated alkanes) is 1. The molecule has 0 aliphatic heterocycles. The minimum absolute atomic E-state index is 1.14. The van der Waals surface area contributed by atoms with Gasteiger partial charge in [-0.15, -0.1) is 0 Å². The van der Waals surface area contributed by atoms with E-state index in [1.54, 1.807) is 0 Å². The second-order valence-corrected chi connectivity index (χ2v) is 2.60. The Labute approximate surface area is 78.4 Å². The summed E-state index contributed by atoms with van der Waals surface area (Å²) in [6.07, 6.45) is 9.11. The molecule has 0 rings (SSSR count). The number of hydrogen-bond donors (Lipinski definition) is 0. The zero-order valence-electron chi connectivity index (χ0n) is 9.19. The summed E-state index contributed by atoms with van der Waals surface area (Å²) in [5, 5.41) is 0. The third kappa shape index (κ3) is 12.2. The van der Waals surface area contributed by atoms with Crippen LogP contribution >= 0.6 is 0 Å². The molecular formula is C12H24. The van der Waals surface area contributed by atoms with Crippen molar-refractivity contribution in [2.75, 3.05) is 0 Å². The van der Waals surface area contributed by atoms with Crippen LogP contribution in [0.2, 0.25) is 0 Å². The number of rotatable bonds is 5. The molecule has 0 heterocycles. The van der Waals surface area contributed by atoms with Crippen LogP contribution < -0.4 is 0 Å². The van der Waals surface area contributed by atoms with Crippen LogP contribution in [-0.4, -0.2) is 0 Å². The predicted octanol–water partition coefficient (Wildman–Crippen LogP) is 4.73. The van der Waals surface area contributed by atoms with Crippen LogP contribution in [0.15, 0.2) is 24.3 Å². The van der Waals surface area contributed by atoms with Crippen molar-refractivity contribution < 1.29 is 0 Å². The minimum Gasteiger partial charge on any atom is -0.0958 e. The molecule has 0 radical (unpaired) electrons. The SMILES string of the molecule is C=C(/C=C\CCC)CCC.CC. The van der Waals surface area contributed by atoms with Crippen molar-refractivity contribution in [3.8, 4) is 0 Å². The molecule has 0 amide bonds. The van der Waals surface area contributed by atoms with Crippen molar-refractivity contribution in [3.63, 3.8) is 0 Å². The summed E-state index contributed by atoms with van der Waals surface area (Å²) >= 11 is 0. The van der Waals surface area contributed by atoms with Crippen LogP contribution in [-0.2, 0) is 0 Å². The van der Waals surface area contributed by atoms with Crippen molar-refractivity contribution in [2.24, 2.45) is 0 Å². The Morgan fingerprint density at radius 2 is 1.75 bits per heavy atom. The summed E-state index contributed by atoms with van der Waals surface area (Å²) in [4.78, 5) is 0. The molecule has 0 aliphatic carbocycles. The molecule has 0 spiro atoms. The summed E-state index contributed by atoms with van der Waals surface area (Å²) in [6.45, 7) is 12.3. The van der Waals surface area contributed by atoms with Gasteiger partial charge < -0.3 is 0 Å². The standard InChI is InChI=1S/C10H18.C2H6/c1-4-6-7-9-10(3)8-5-2;1-2/h7,9H,3-6,8H2,1-2H3;1-2H3/b9-7-;. The fraction of sp³-hybridized carbons (Fsp3) is 0.667. The second-order valence-electron chi connectivity index (χ2n) is 2.60. The van der Waals surface area contributed by atoms with E-state index in [-0.39, 0.29) is 0 Å². The quantitative estimate of drug-likeness (QED) is 0.521. The van der Waals surface area contributed by atoms with Gasteiger partial charge in [0.15, 0.2) is 0 Å². The fourth-order valence-electron chi connectivity index (χ4n) is 0.821. The lowest BCUT2D eigenvalue weighted by Gasteiger charge is -1.93. The van der Waals surface area contributed by atoms with E-state index >= 15 is 0 Å². The third-order valence-electron chi connectivity index (χ3n) is 1.38. The number of hydrogen-bond acceptors (Lipinski definition) is 0. The summed E-state index contributed by atoms with van der Waals surface area (Å²) in [5.41, 5.74) is 1.26. The van der Waals surface area contributed by atoms with Gasteiger partial charge in [0.25, 0.3) is 0 Å². The van der Waals surface area contributed by atoms with Crippen LogP contribution in [0, 0.1) is 0 Å². The first-order valence-corrected chi connectivity index (χ1v) is 5.15. The normalized spacial score (nSPS) is 9.33. The molecule has 0 nitrogen and oxygen atoms in total. The van der Waals surface area contributed by atoms with E-state index in [0.717, 1.165) is 6.42 Å². The van der Waals surface area contributed by atoms with Crippen LogP contribution in [0.5, 0.6) is 0 Å². The van der Waals surface area contributed by atoms with Crippen LogP contribution in [0.3, 0.4) is 0 Å². The van der Waals surface area contributed by atoms with Gasteiger partial charge >= 0.3 is 0 Å². The van der Waals surface area contributed by atoms with Gasteiger partial charge in [0.1, 0.15) is 0 Å². The average molecular weight is 168 g/mol. The Balaban J connectivity index is 0. The smallest absolute Gasteiger partial charge is 0.0287 e. The number of allylic oxidation sites excluding steroid dienone is 3. The fourth-order valence-corrected chi connectivity index (χ4v) is 0.821. The van der Waals surface area contributed by atoms with E-state index in [9.17, 15) is 0 Å². The predicted molar refractivity (Wildman–Crippen MR) is 59.4 cm³/mol. The van der Waals surface area contributed by atoms with Crippen molar-refractivity contribution >= 4 is 0 Å². The molecule has 0 saturated carbocycles. The highest BCUT2D eigenvalue weighted by molar-refractivity contribution is 5.13. The molecule has 0 aromatic rings. The van der Waals surface area contributed by atoms with Gasteiger partial charge in [0, 0.05) is 0 Å². The molecule has 0 aliphatic rings. The van der Waals surface area contributed by atoms with Crippen molar-refractivity contribution in [3.05, 3.63) is 24.3 Å². The maximum Gasteiger partial charge on any atom is -0.0287 e. The zero-order chi connectivity index (χ0) is 9.82. The lowest BCUT2D eigenvalue weighted by Crippen LogP contribution is -1.73. The highest BCUT2D eigenvalue weighted by Gasteiger charge is 1.83. The van der Waals surface area contributed by atoms with Gasteiger partial charge in [0.05, 0.1) is 0 Å². The lowest BCUT2D eigenvalue weighted by atomic mass is 10.1. The molecule has 0 aromatic heterocycles. The van der Waals surface area contributed by atoms with Gasteiger partial charge in [-0.05, 0) is 12.8 Å². The maximum absolute atomic E-state index is 3.93. The van der Waals surface area contributed by atoms with E-state index < -0.39 is 0 Å². The highest BCUT2D eigenvalue weighted by Crippen LogP contribution is 2.03. The van der Waals surface area contributed by atoms with Gasteiger partial charge in [0.2, 0.25) is 0 Å². The molecule has 0 bridgehead atoms. The average Bonchev–Trinajstić information content (AvgIpc) is 2.09. The molecule has 72 valence electrons. The summed E-state index contributed by atoms with van der Waals surface area (Å²) < 4.78 is 0. The van der Waals surface area contributed by atoms with Crippen LogP contribution in [0.4, 0.5) is 0 Å². The van der Waals surface area contributed by atoms with Gasteiger partial charge in [-0.3, -0.25) is 0 Å². The molecule has 0 saturated heterocycles. The van der Waals surface area contributed by atoms with E-state index in [1.165, 1.54) is 24.8 Å². The first-order valence-electron chi connectivity index (χ1n) is 5.15. The van der Waals surface area contributed by atoms with Gasteiger partial charge in [-0.25, -0.2) is 0 Å². The van der Waals surface area contributed by atoms with Crippen molar-refractivity contribution in [1.29, 1.82) is 0 Å². The maximum atomic E-state index is 3.93. The van der Waals surface area contributed by atoms with Crippen molar-refractivity contribution in [2.45, 2.75) is 53.4 Å². The van der Waals surface area contributed by atoms with Crippen LogP contribution in [0.1, 0.15) is 53.4 Å². The Morgan fingerprint density at radius 3 is 2.17 bits per heavy atom. The van der Waals surface area contributed by atoms with Gasteiger partial charge in [-0.1, -0.05) is 64.8 Å². The molecule has 0 aromatic carbocycles. The third-order valence-corrected chi connectivity index (χ3v) is 1.38. The second kappa shape index (κ2) is 13.1. The molecule has 0 unspecified atom stereocenters. The topological polar surface area (TPSA) is 0 Å². The Hall–Kier alpha value is -0.520. The Bertz CT molecular complexity index is 109. The summed E-state index contributed by atoms with van der Waals surface area (Å²) in [7, 11) is 0. The van der Waals surface area contributed by atoms with E-state index in [4.69, 9.17) is 0 Å². The summed E-state index contributed by atoms with van der Waals surface area (Å²) in [5.74, 6) is 0.